The van der Waals surface area contributed by atoms with E-state index in [9.17, 15) is 19.4 Å². The fraction of sp³-hybridized carbons (Fsp3) is 0.984. The van der Waals surface area contributed by atoms with Crippen molar-refractivity contribution >= 4 is 13.7 Å². The van der Waals surface area contributed by atoms with Crippen molar-refractivity contribution in [2.45, 2.75) is 347 Å². The first-order valence-electron chi connectivity index (χ1n) is 31.4. The maximum atomic E-state index is 13.0. The molecule has 8 nitrogen and oxygen atoms in total. The van der Waals surface area contributed by atoms with Gasteiger partial charge in [-0.05, 0) is 12.8 Å². The van der Waals surface area contributed by atoms with Crippen LogP contribution in [0.4, 0.5) is 0 Å². The molecule has 0 saturated heterocycles. The molecule has 70 heavy (non-hydrogen) atoms. The molecule has 0 spiro atoms. The number of carbonyl (C=O) groups is 1. The average molecular weight is 1010 g/mol. The van der Waals surface area contributed by atoms with Gasteiger partial charge in [0.15, 0.2) is 0 Å². The van der Waals surface area contributed by atoms with Crippen LogP contribution in [0, 0.1) is 0 Å². The van der Waals surface area contributed by atoms with Crippen molar-refractivity contribution in [3.63, 3.8) is 0 Å². The normalized spacial score (nSPS) is 13.8. The number of amides is 1. The highest BCUT2D eigenvalue weighted by molar-refractivity contribution is 7.47. The highest BCUT2D eigenvalue weighted by Gasteiger charge is 2.28. The van der Waals surface area contributed by atoms with Gasteiger partial charge in [-0.3, -0.25) is 13.8 Å². The van der Waals surface area contributed by atoms with E-state index in [4.69, 9.17) is 9.05 Å². The van der Waals surface area contributed by atoms with E-state index in [1.807, 2.05) is 21.1 Å². The zero-order valence-corrected chi connectivity index (χ0v) is 48.9. The van der Waals surface area contributed by atoms with Crippen molar-refractivity contribution in [2.24, 2.45) is 0 Å². The number of hydrogen-bond acceptors (Lipinski definition) is 5. The first-order chi connectivity index (χ1) is 34.0. The number of carbonyl (C=O) groups excluding carboxylic acids is 1. The minimum Gasteiger partial charge on any atom is -0.391 e. The Kier molecular flexibility index (Phi) is 52.9. The molecule has 0 bridgehead atoms. The van der Waals surface area contributed by atoms with Crippen LogP contribution in [0.1, 0.15) is 335 Å². The topological polar surface area (TPSA) is 105 Å². The number of likely N-dealkylation sites (N-methyl/N-ethyl adjacent to an activating group) is 1. The molecule has 0 heterocycles. The minimum absolute atomic E-state index is 0.0789. The molecular formula is C61H126N2O6P+. The van der Waals surface area contributed by atoms with E-state index in [-0.39, 0.29) is 19.1 Å². The third-order valence-corrected chi connectivity index (χ3v) is 15.8. The van der Waals surface area contributed by atoms with Crippen LogP contribution < -0.4 is 5.32 Å². The average Bonchev–Trinajstić information content (AvgIpc) is 3.32. The molecule has 0 aromatic heterocycles. The second-order valence-corrected chi connectivity index (χ2v) is 24.6. The molecule has 9 heteroatoms. The highest BCUT2D eigenvalue weighted by atomic mass is 31.2. The predicted octanol–water partition coefficient (Wildman–Crippen LogP) is 19.2. The molecule has 1 amide bonds. The van der Waals surface area contributed by atoms with Gasteiger partial charge >= 0.3 is 7.82 Å². The molecule has 0 aliphatic rings. The third kappa shape index (κ3) is 55.3. The summed E-state index contributed by atoms with van der Waals surface area (Å²) in [5.74, 6) is -0.136. The van der Waals surface area contributed by atoms with Gasteiger partial charge < -0.3 is 19.8 Å². The Hall–Kier alpha value is -0.500. The Balaban J connectivity index is 3.86. The summed E-state index contributed by atoms with van der Waals surface area (Å²) >= 11 is 0. The van der Waals surface area contributed by atoms with Gasteiger partial charge in [0.1, 0.15) is 13.2 Å². The molecule has 0 aromatic rings. The fourth-order valence-corrected chi connectivity index (χ4v) is 10.7. The van der Waals surface area contributed by atoms with Crippen LogP contribution in [0.25, 0.3) is 0 Å². The van der Waals surface area contributed by atoms with E-state index in [1.165, 1.54) is 270 Å². The summed E-state index contributed by atoms with van der Waals surface area (Å²) in [6.45, 7) is 4.94. The van der Waals surface area contributed by atoms with Crippen molar-refractivity contribution in [1.82, 2.24) is 5.32 Å². The van der Waals surface area contributed by atoms with Crippen LogP contribution in [-0.2, 0) is 18.4 Å². The van der Waals surface area contributed by atoms with Crippen LogP contribution >= 0.6 is 7.82 Å². The molecule has 0 radical (unpaired) electrons. The Morgan fingerprint density at radius 3 is 0.957 bits per heavy atom. The van der Waals surface area contributed by atoms with Crippen LogP contribution in [0.5, 0.6) is 0 Å². The molecule has 0 aliphatic heterocycles. The lowest BCUT2D eigenvalue weighted by molar-refractivity contribution is -0.870. The maximum absolute atomic E-state index is 13.0. The summed E-state index contributed by atoms with van der Waals surface area (Å²) in [6, 6.07) is -0.754. The summed E-state index contributed by atoms with van der Waals surface area (Å²) < 4.78 is 23.8. The maximum Gasteiger partial charge on any atom is 0.472 e. The summed E-state index contributed by atoms with van der Waals surface area (Å²) in [6.07, 6.45) is 64.8. The molecular weight excluding hydrogens is 888 g/mol. The summed E-state index contributed by atoms with van der Waals surface area (Å²) in [4.78, 5) is 23.3. The number of hydrogen-bond donors (Lipinski definition) is 3. The van der Waals surface area contributed by atoms with Gasteiger partial charge in [0, 0.05) is 6.42 Å². The predicted molar refractivity (Wildman–Crippen MR) is 305 cm³/mol. The van der Waals surface area contributed by atoms with Gasteiger partial charge in [0.05, 0.1) is 39.9 Å². The molecule has 0 fully saturated rings. The van der Waals surface area contributed by atoms with Crippen molar-refractivity contribution in [3.05, 3.63) is 0 Å². The van der Waals surface area contributed by atoms with Crippen LogP contribution in [0.3, 0.4) is 0 Å². The third-order valence-electron chi connectivity index (χ3n) is 14.9. The quantitative estimate of drug-likeness (QED) is 0.0318. The van der Waals surface area contributed by atoms with Gasteiger partial charge in [-0.2, -0.15) is 0 Å². The first kappa shape index (κ1) is 69.5. The second-order valence-electron chi connectivity index (χ2n) is 23.2. The molecule has 3 N–H and O–H groups in total. The lowest BCUT2D eigenvalue weighted by Crippen LogP contribution is -2.46. The van der Waals surface area contributed by atoms with Crippen molar-refractivity contribution in [3.8, 4) is 0 Å². The molecule has 0 saturated carbocycles. The summed E-state index contributed by atoms with van der Waals surface area (Å²) in [5.41, 5.74) is 0. The van der Waals surface area contributed by atoms with E-state index in [0.29, 0.717) is 23.9 Å². The van der Waals surface area contributed by atoms with Crippen molar-refractivity contribution < 1.29 is 32.9 Å². The molecule has 0 aromatic carbocycles. The van der Waals surface area contributed by atoms with Crippen LogP contribution in [0.2, 0.25) is 0 Å². The number of phosphoric acid groups is 1. The minimum atomic E-state index is -4.31. The van der Waals surface area contributed by atoms with Gasteiger partial charge in [-0.15, -0.1) is 0 Å². The second kappa shape index (κ2) is 53.3. The standard InChI is InChI=1S/C61H125N2O6P/c1-6-8-10-12-14-16-18-20-21-22-23-24-25-26-27-28-29-30-31-32-33-34-35-36-37-38-39-40-41-43-45-47-49-51-53-55-61(65)62-59(58-69-70(66,67)68-57-56-63(3,4)5)60(64)54-52-50-48-46-44-42-19-17-15-13-11-9-7-2/h59-60,64H,6-58H2,1-5H3,(H-,62,65,66,67)/p+1/t59-,60+/m0/s1. The van der Waals surface area contributed by atoms with Crippen molar-refractivity contribution in [1.29, 1.82) is 0 Å². The zero-order valence-electron chi connectivity index (χ0n) is 48.1. The van der Waals surface area contributed by atoms with Gasteiger partial charge in [-0.25, -0.2) is 4.57 Å². The van der Waals surface area contributed by atoms with E-state index in [2.05, 4.69) is 19.2 Å². The van der Waals surface area contributed by atoms with E-state index in [0.717, 1.165) is 38.5 Å². The number of quaternary nitrogens is 1. The molecule has 0 rings (SSSR count). The number of nitrogens with zero attached hydrogens (tertiary/aromatic N) is 1. The Bertz CT molecular complexity index is 1100. The van der Waals surface area contributed by atoms with Gasteiger partial charge in [-0.1, -0.05) is 316 Å². The summed E-state index contributed by atoms with van der Waals surface area (Å²) in [7, 11) is 1.64. The monoisotopic (exact) mass is 1010 g/mol. The number of aliphatic hydroxyl groups is 1. The lowest BCUT2D eigenvalue weighted by atomic mass is 10.0. The summed E-state index contributed by atoms with van der Waals surface area (Å²) in [5, 5.41) is 14.0. The Morgan fingerprint density at radius 2 is 0.686 bits per heavy atom. The van der Waals surface area contributed by atoms with Gasteiger partial charge in [0.2, 0.25) is 5.91 Å². The van der Waals surface area contributed by atoms with E-state index in [1.54, 1.807) is 0 Å². The van der Waals surface area contributed by atoms with Crippen molar-refractivity contribution in [2.75, 3.05) is 40.9 Å². The SMILES string of the molecule is CCCCCCCCCCCCCCCCCCCCCCCCCCCCCCCCCCCCCC(=O)N[C@@H](COP(=O)(O)OCC[N+](C)(C)C)[C@H](O)CCCCCCCCCCCCCCC. The van der Waals surface area contributed by atoms with Gasteiger partial charge in [0.25, 0.3) is 0 Å². The largest absolute Gasteiger partial charge is 0.472 e. The Morgan fingerprint density at radius 1 is 0.429 bits per heavy atom. The zero-order chi connectivity index (χ0) is 51.3. The van der Waals surface area contributed by atoms with Crippen LogP contribution in [0.15, 0.2) is 0 Å². The lowest BCUT2D eigenvalue weighted by Gasteiger charge is -2.26. The highest BCUT2D eigenvalue weighted by Crippen LogP contribution is 2.43. The molecule has 0 aliphatic carbocycles. The molecule has 1 unspecified atom stereocenters. The molecule has 3 atom stereocenters. The van der Waals surface area contributed by atoms with Crippen LogP contribution in [-0.4, -0.2) is 73.4 Å². The van der Waals surface area contributed by atoms with E-state index < -0.39 is 20.0 Å². The Labute approximate surface area is 438 Å². The number of rotatable bonds is 59. The van der Waals surface area contributed by atoms with E-state index >= 15 is 0 Å². The number of aliphatic hydroxyl groups excluding tert-OH is 1. The molecule has 420 valence electrons. The number of unbranched alkanes of at least 4 members (excludes halogenated alkanes) is 46. The fourth-order valence-electron chi connectivity index (χ4n) is 9.93. The first-order valence-corrected chi connectivity index (χ1v) is 32.9. The number of phosphoric ester groups is 1. The smallest absolute Gasteiger partial charge is 0.391 e. The number of nitrogens with one attached hydrogen (secondary N) is 1.